The first kappa shape index (κ1) is 13.8. The Morgan fingerprint density at radius 1 is 1.25 bits per heavy atom. The number of benzene rings is 1. The normalized spacial score (nSPS) is 16.4. The molecule has 1 aliphatic rings. The SMILES string of the molecule is Cc1cc(C(C)NCc2cccc(C3CC3)c2)c(C)s1. The Hall–Kier alpha value is -1.12. The summed E-state index contributed by atoms with van der Waals surface area (Å²) in [5, 5.41) is 3.66. The van der Waals surface area contributed by atoms with Gasteiger partial charge in [-0.25, -0.2) is 0 Å². The van der Waals surface area contributed by atoms with E-state index in [9.17, 15) is 0 Å². The highest BCUT2D eigenvalue weighted by Gasteiger charge is 2.23. The molecular formula is C18H23NS. The van der Waals surface area contributed by atoms with Crippen molar-refractivity contribution in [3.63, 3.8) is 0 Å². The van der Waals surface area contributed by atoms with Gasteiger partial charge in [-0.3, -0.25) is 0 Å². The topological polar surface area (TPSA) is 12.0 Å². The first-order valence-corrected chi connectivity index (χ1v) is 8.34. The maximum Gasteiger partial charge on any atom is 0.0305 e. The lowest BCUT2D eigenvalue weighted by atomic mass is 10.1. The van der Waals surface area contributed by atoms with Crippen LogP contribution in [0, 0.1) is 13.8 Å². The van der Waals surface area contributed by atoms with E-state index in [2.05, 4.69) is 56.4 Å². The second-order valence-corrected chi connectivity index (χ2v) is 7.45. The summed E-state index contributed by atoms with van der Waals surface area (Å²) < 4.78 is 0. The summed E-state index contributed by atoms with van der Waals surface area (Å²) in [6.07, 6.45) is 2.75. The van der Waals surface area contributed by atoms with Gasteiger partial charge in [0, 0.05) is 22.3 Å². The van der Waals surface area contributed by atoms with E-state index in [0.717, 1.165) is 12.5 Å². The Labute approximate surface area is 126 Å². The molecule has 1 nitrogen and oxygen atoms in total. The molecule has 1 aromatic heterocycles. The summed E-state index contributed by atoms with van der Waals surface area (Å²) in [5.74, 6) is 0.842. The second-order valence-electron chi connectivity index (χ2n) is 5.99. The predicted molar refractivity (Wildman–Crippen MR) is 87.5 cm³/mol. The zero-order valence-corrected chi connectivity index (χ0v) is 13.4. The van der Waals surface area contributed by atoms with Crippen LogP contribution in [0.25, 0.3) is 0 Å². The summed E-state index contributed by atoms with van der Waals surface area (Å²) in [5.41, 5.74) is 4.39. The minimum atomic E-state index is 0.421. The van der Waals surface area contributed by atoms with Crippen molar-refractivity contribution in [3.05, 3.63) is 56.8 Å². The van der Waals surface area contributed by atoms with E-state index in [1.165, 1.54) is 39.3 Å². The lowest BCUT2D eigenvalue weighted by Crippen LogP contribution is -2.18. The largest absolute Gasteiger partial charge is 0.306 e. The third-order valence-electron chi connectivity index (χ3n) is 4.16. The molecule has 1 aromatic carbocycles. The van der Waals surface area contributed by atoms with Crippen LogP contribution in [0.4, 0.5) is 0 Å². The number of rotatable bonds is 5. The van der Waals surface area contributed by atoms with Gasteiger partial charge >= 0.3 is 0 Å². The van der Waals surface area contributed by atoms with Crippen LogP contribution in [0.3, 0.4) is 0 Å². The molecule has 0 aliphatic heterocycles. The molecule has 3 rings (SSSR count). The smallest absolute Gasteiger partial charge is 0.0305 e. The number of nitrogens with one attached hydrogen (secondary N) is 1. The molecule has 2 heteroatoms. The Balaban J connectivity index is 1.64. The predicted octanol–water partition coefficient (Wildman–Crippen LogP) is 5.09. The highest BCUT2D eigenvalue weighted by atomic mass is 32.1. The number of hydrogen-bond acceptors (Lipinski definition) is 2. The zero-order valence-electron chi connectivity index (χ0n) is 12.6. The highest BCUT2D eigenvalue weighted by Crippen LogP contribution is 2.40. The average Bonchev–Trinajstić information content (AvgIpc) is 3.22. The maximum atomic E-state index is 3.66. The van der Waals surface area contributed by atoms with Gasteiger partial charge in [0.05, 0.1) is 0 Å². The molecule has 1 heterocycles. The summed E-state index contributed by atoms with van der Waals surface area (Å²) in [6, 6.07) is 11.8. The van der Waals surface area contributed by atoms with Gasteiger partial charge in [0.15, 0.2) is 0 Å². The molecule has 0 radical (unpaired) electrons. The molecule has 0 bridgehead atoms. The van der Waals surface area contributed by atoms with Crippen molar-refractivity contribution in [2.24, 2.45) is 0 Å². The molecule has 1 fully saturated rings. The molecule has 1 saturated carbocycles. The molecule has 106 valence electrons. The van der Waals surface area contributed by atoms with Crippen LogP contribution in [-0.2, 0) is 6.54 Å². The number of aryl methyl sites for hydroxylation is 2. The molecule has 1 unspecified atom stereocenters. The summed E-state index contributed by atoms with van der Waals surface area (Å²) >= 11 is 1.89. The summed E-state index contributed by atoms with van der Waals surface area (Å²) in [6.45, 7) is 7.63. The zero-order chi connectivity index (χ0) is 14.1. The van der Waals surface area contributed by atoms with E-state index in [0.29, 0.717) is 6.04 Å². The van der Waals surface area contributed by atoms with Gasteiger partial charge in [-0.05, 0) is 62.3 Å². The molecule has 1 aliphatic carbocycles. The highest BCUT2D eigenvalue weighted by molar-refractivity contribution is 7.12. The van der Waals surface area contributed by atoms with Gasteiger partial charge in [0.2, 0.25) is 0 Å². The van der Waals surface area contributed by atoms with Gasteiger partial charge in [0.25, 0.3) is 0 Å². The molecule has 1 atom stereocenters. The summed E-state index contributed by atoms with van der Waals surface area (Å²) in [7, 11) is 0. The van der Waals surface area contributed by atoms with E-state index in [-0.39, 0.29) is 0 Å². The van der Waals surface area contributed by atoms with Gasteiger partial charge < -0.3 is 5.32 Å². The van der Waals surface area contributed by atoms with Gasteiger partial charge in [-0.1, -0.05) is 24.3 Å². The van der Waals surface area contributed by atoms with Crippen molar-refractivity contribution in [2.45, 2.75) is 52.1 Å². The fourth-order valence-corrected chi connectivity index (χ4v) is 3.86. The van der Waals surface area contributed by atoms with Gasteiger partial charge in [0.1, 0.15) is 0 Å². The lowest BCUT2D eigenvalue weighted by molar-refractivity contribution is 0.574. The van der Waals surface area contributed by atoms with E-state index in [4.69, 9.17) is 0 Å². The van der Waals surface area contributed by atoms with Crippen LogP contribution in [-0.4, -0.2) is 0 Å². The molecule has 2 aromatic rings. The number of thiophene rings is 1. The van der Waals surface area contributed by atoms with Crippen molar-refractivity contribution < 1.29 is 0 Å². The second kappa shape index (κ2) is 5.71. The Morgan fingerprint density at radius 2 is 2.05 bits per heavy atom. The van der Waals surface area contributed by atoms with Crippen molar-refractivity contribution in [3.8, 4) is 0 Å². The minimum Gasteiger partial charge on any atom is -0.306 e. The van der Waals surface area contributed by atoms with E-state index >= 15 is 0 Å². The van der Waals surface area contributed by atoms with Crippen LogP contribution < -0.4 is 5.32 Å². The standard InChI is InChI=1S/C18H23NS/c1-12-9-18(14(3)20-12)13(2)19-11-15-5-4-6-17(10-15)16-7-8-16/h4-6,9-10,13,16,19H,7-8,11H2,1-3H3. The summed E-state index contributed by atoms with van der Waals surface area (Å²) in [4.78, 5) is 2.84. The molecule has 20 heavy (non-hydrogen) atoms. The Bertz CT molecular complexity index is 595. The molecule has 0 amide bonds. The average molecular weight is 285 g/mol. The maximum absolute atomic E-state index is 3.66. The quantitative estimate of drug-likeness (QED) is 0.806. The van der Waals surface area contributed by atoms with Crippen molar-refractivity contribution >= 4 is 11.3 Å². The molecule has 0 saturated heterocycles. The van der Waals surface area contributed by atoms with Crippen molar-refractivity contribution in [1.29, 1.82) is 0 Å². The first-order chi connectivity index (χ1) is 9.63. The monoisotopic (exact) mass is 285 g/mol. The lowest BCUT2D eigenvalue weighted by Gasteiger charge is -2.14. The van der Waals surface area contributed by atoms with Crippen molar-refractivity contribution in [1.82, 2.24) is 5.32 Å². The Morgan fingerprint density at radius 3 is 2.70 bits per heavy atom. The van der Waals surface area contributed by atoms with E-state index < -0.39 is 0 Å². The first-order valence-electron chi connectivity index (χ1n) is 7.52. The molecular weight excluding hydrogens is 262 g/mol. The minimum absolute atomic E-state index is 0.421. The van der Waals surface area contributed by atoms with E-state index in [1.54, 1.807) is 0 Å². The Kier molecular flexibility index (Phi) is 3.95. The fraction of sp³-hybridized carbons (Fsp3) is 0.444. The molecule has 0 spiro atoms. The van der Waals surface area contributed by atoms with Crippen LogP contribution >= 0.6 is 11.3 Å². The van der Waals surface area contributed by atoms with E-state index in [1.807, 2.05) is 11.3 Å². The van der Waals surface area contributed by atoms with Crippen LogP contribution in [0.1, 0.15) is 58.2 Å². The van der Waals surface area contributed by atoms with Crippen LogP contribution in [0.15, 0.2) is 30.3 Å². The van der Waals surface area contributed by atoms with Crippen LogP contribution in [0.2, 0.25) is 0 Å². The molecule has 1 N–H and O–H groups in total. The van der Waals surface area contributed by atoms with Crippen molar-refractivity contribution in [2.75, 3.05) is 0 Å². The van der Waals surface area contributed by atoms with Gasteiger partial charge in [-0.15, -0.1) is 11.3 Å². The van der Waals surface area contributed by atoms with Crippen LogP contribution in [0.5, 0.6) is 0 Å². The van der Waals surface area contributed by atoms with Gasteiger partial charge in [-0.2, -0.15) is 0 Å². The third kappa shape index (κ3) is 3.13. The number of hydrogen-bond donors (Lipinski definition) is 1. The third-order valence-corrected chi connectivity index (χ3v) is 5.14. The fourth-order valence-electron chi connectivity index (χ4n) is 2.83.